The lowest BCUT2D eigenvalue weighted by Crippen LogP contribution is -2.14. The first-order valence-electron chi connectivity index (χ1n) is 5.77. The number of anilines is 1. The van der Waals surface area contributed by atoms with Gasteiger partial charge in [-0.2, -0.15) is 0 Å². The molecule has 0 atom stereocenters. The van der Waals surface area contributed by atoms with Gasteiger partial charge in [0.15, 0.2) is 5.58 Å². The lowest BCUT2D eigenvalue weighted by Gasteiger charge is -2.03. The Hall–Kier alpha value is -2.20. The van der Waals surface area contributed by atoms with Crippen molar-refractivity contribution < 1.29 is 4.42 Å². The number of nitrogens with two attached hydrogens (primary N) is 1. The maximum absolute atomic E-state index is 11.8. The molecular weight excluding hydrogens is 264 g/mol. The molecule has 96 valence electrons. The van der Waals surface area contributed by atoms with Crippen LogP contribution in [-0.4, -0.2) is 4.57 Å². The molecular formula is C14H11ClN2O2. The predicted octanol–water partition coefficient (Wildman–Crippen LogP) is 2.88. The van der Waals surface area contributed by atoms with Crippen LogP contribution in [0.25, 0.3) is 11.1 Å². The Labute approximate surface area is 114 Å². The number of nitrogens with zero attached hydrogens (tertiary/aromatic N) is 1. The number of benzene rings is 2. The highest BCUT2D eigenvalue weighted by Gasteiger charge is 2.09. The van der Waals surface area contributed by atoms with E-state index in [2.05, 4.69) is 0 Å². The van der Waals surface area contributed by atoms with Crippen LogP contribution < -0.4 is 11.5 Å². The van der Waals surface area contributed by atoms with Crippen molar-refractivity contribution in [1.29, 1.82) is 0 Å². The minimum absolute atomic E-state index is 0.394. The predicted molar refractivity (Wildman–Crippen MR) is 75.4 cm³/mol. The molecule has 19 heavy (non-hydrogen) atoms. The lowest BCUT2D eigenvalue weighted by atomic mass is 10.2. The Morgan fingerprint density at radius 1 is 1.16 bits per heavy atom. The zero-order chi connectivity index (χ0) is 13.4. The number of nitrogen functional groups attached to an aromatic ring is 1. The Kier molecular flexibility index (Phi) is 2.80. The Bertz CT molecular complexity index is 787. The molecule has 0 fully saturated rings. The summed E-state index contributed by atoms with van der Waals surface area (Å²) in [6, 6.07) is 12.5. The molecule has 3 aromatic rings. The molecule has 0 saturated carbocycles. The third-order valence-electron chi connectivity index (χ3n) is 2.95. The van der Waals surface area contributed by atoms with Crippen molar-refractivity contribution in [2.45, 2.75) is 6.54 Å². The average Bonchev–Trinajstić information content (AvgIpc) is 2.69. The Balaban J connectivity index is 2.09. The van der Waals surface area contributed by atoms with E-state index in [0.29, 0.717) is 28.4 Å². The fourth-order valence-electron chi connectivity index (χ4n) is 1.99. The normalized spacial score (nSPS) is 11.0. The van der Waals surface area contributed by atoms with E-state index in [1.165, 1.54) is 0 Å². The molecule has 0 aliphatic rings. The number of hydrogen-bond donors (Lipinski definition) is 1. The molecule has 1 aromatic heterocycles. The van der Waals surface area contributed by atoms with Gasteiger partial charge in [0, 0.05) is 10.7 Å². The second-order valence-corrected chi connectivity index (χ2v) is 4.74. The number of halogens is 1. The van der Waals surface area contributed by atoms with Crippen molar-refractivity contribution in [2.24, 2.45) is 0 Å². The number of aromatic nitrogens is 1. The minimum Gasteiger partial charge on any atom is -0.408 e. The van der Waals surface area contributed by atoms with E-state index < -0.39 is 5.76 Å². The molecule has 0 radical (unpaired) electrons. The maximum Gasteiger partial charge on any atom is 0.420 e. The minimum atomic E-state index is -0.394. The average molecular weight is 275 g/mol. The van der Waals surface area contributed by atoms with Crippen LogP contribution in [0.15, 0.2) is 51.7 Å². The topological polar surface area (TPSA) is 61.2 Å². The second-order valence-electron chi connectivity index (χ2n) is 4.31. The molecule has 2 N–H and O–H groups in total. The van der Waals surface area contributed by atoms with Gasteiger partial charge in [0.05, 0.1) is 12.1 Å². The van der Waals surface area contributed by atoms with Crippen molar-refractivity contribution >= 4 is 28.4 Å². The maximum atomic E-state index is 11.8. The Morgan fingerprint density at radius 2 is 1.89 bits per heavy atom. The van der Waals surface area contributed by atoms with Crippen molar-refractivity contribution in [3.63, 3.8) is 0 Å². The molecule has 0 bridgehead atoms. The molecule has 2 aromatic carbocycles. The van der Waals surface area contributed by atoms with E-state index >= 15 is 0 Å². The van der Waals surface area contributed by atoms with Gasteiger partial charge in [0.1, 0.15) is 0 Å². The summed E-state index contributed by atoms with van der Waals surface area (Å²) >= 11 is 5.95. The van der Waals surface area contributed by atoms with Crippen LogP contribution >= 0.6 is 11.6 Å². The summed E-state index contributed by atoms with van der Waals surface area (Å²) in [4.78, 5) is 11.8. The largest absolute Gasteiger partial charge is 0.420 e. The molecule has 5 heteroatoms. The first-order valence-corrected chi connectivity index (χ1v) is 6.14. The van der Waals surface area contributed by atoms with Crippen molar-refractivity contribution in [3.05, 3.63) is 63.6 Å². The third kappa shape index (κ3) is 2.22. The quantitative estimate of drug-likeness (QED) is 0.731. The summed E-state index contributed by atoms with van der Waals surface area (Å²) in [7, 11) is 0. The summed E-state index contributed by atoms with van der Waals surface area (Å²) < 4.78 is 6.72. The molecule has 0 aliphatic heterocycles. The first kappa shape index (κ1) is 11.9. The number of oxazole rings is 1. The van der Waals surface area contributed by atoms with Crippen molar-refractivity contribution in [2.75, 3.05) is 5.73 Å². The summed E-state index contributed by atoms with van der Waals surface area (Å²) in [5.41, 5.74) is 8.52. The number of hydrogen-bond acceptors (Lipinski definition) is 3. The molecule has 0 unspecified atom stereocenters. The van der Waals surface area contributed by atoms with Gasteiger partial charge >= 0.3 is 5.76 Å². The van der Waals surface area contributed by atoms with Crippen LogP contribution in [-0.2, 0) is 6.54 Å². The van der Waals surface area contributed by atoms with Gasteiger partial charge in [-0.25, -0.2) is 4.79 Å². The van der Waals surface area contributed by atoms with Crippen molar-refractivity contribution in [3.8, 4) is 0 Å². The second kappa shape index (κ2) is 4.48. The highest BCUT2D eigenvalue weighted by molar-refractivity contribution is 6.31. The molecule has 0 aliphatic carbocycles. The molecule has 0 amide bonds. The van der Waals surface area contributed by atoms with E-state index in [4.69, 9.17) is 21.8 Å². The van der Waals surface area contributed by atoms with Crippen LogP contribution in [0.5, 0.6) is 0 Å². The summed E-state index contributed by atoms with van der Waals surface area (Å²) in [6.07, 6.45) is 0. The summed E-state index contributed by atoms with van der Waals surface area (Å²) in [5.74, 6) is -0.394. The van der Waals surface area contributed by atoms with Gasteiger partial charge in [-0.15, -0.1) is 0 Å². The standard InChI is InChI=1S/C14H11ClN2O2/c15-10-3-6-13-12(7-10)17(14(18)19-13)8-9-1-4-11(16)5-2-9/h1-7H,8,16H2. The lowest BCUT2D eigenvalue weighted by molar-refractivity contribution is 0.518. The fourth-order valence-corrected chi connectivity index (χ4v) is 2.16. The van der Waals surface area contributed by atoms with Gasteiger partial charge in [0.2, 0.25) is 0 Å². The van der Waals surface area contributed by atoms with E-state index in [-0.39, 0.29) is 0 Å². The van der Waals surface area contributed by atoms with E-state index in [1.54, 1.807) is 34.9 Å². The highest BCUT2D eigenvalue weighted by atomic mass is 35.5. The smallest absolute Gasteiger partial charge is 0.408 e. The van der Waals surface area contributed by atoms with Crippen LogP contribution in [0, 0.1) is 0 Å². The fraction of sp³-hybridized carbons (Fsp3) is 0.0714. The molecule has 3 rings (SSSR count). The monoisotopic (exact) mass is 274 g/mol. The van der Waals surface area contributed by atoms with Crippen LogP contribution in [0.2, 0.25) is 5.02 Å². The van der Waals surface area contributed by atoms with E-state index in [9.17, 15) is 4.79 Å². The molecule has 4 nitrogen and oxygen atoms in total. The van der Waals surface area contributed by atoms with E-state index in [0.717, 1.165) is 5.56 Å². The zero-order valence-corrected chi connectivity index (χ0v) is 10.7. The molecule has 0 saturated heterocycles. The summed E-state index contributed by atoms with van der Waals surface area (Å²) in [6.45, 7) is 0.423. The molecule has 1 heterocycles. The summed E-state index contributed by atoms with van der Waals surface area (Å²) in [5, 5.41) is 0.569. The van der Waals surface area contributed by atoms with Gasteiger partial charge < -0.3 is 10.2 Å². The van der Waals surface area contributed by atoms with Gasteiger partial charge in [-0.1, -0.05) is 23.7 Å². The van der Waals surface area contributed by atoms with Gasteiger partial charge in [0.25, 0.3) is 0 Å². The highest BCUT2D eigenvalue weighted by Crippen LogP contribution is 2.19. The number of fused-ring (bicyclic) bond motifs is 1. The zero-order valence-electron chi connectivity index (χ0n) is 9.97. The molecule has 0 spiro atoms. The van der Waals surface area contributed by atoms with Crippen LogP contribution in [0.4, 0.5) is 5.69 Å². The Morgan fingerprint density at radius 3 is 2.63 bits per heavy atom. The SMILES string of the molecule is Nc1ccc(Cn2c(=O)oc3ccc(Cl)cc32)cc1. The van der Waals surface area contributed by atoms with Crippen molar-refractivity contribution in [1.82, 2.24) is 4.57 Å². The first-order chi connectivity index (χ1) is 9.13. The third-order valence-corrected chi connectivity index (χ3v) is 3.18. The van der Waals surface area contributed by atoms with Gasteiger partial charge in [-0.05, 0) is 35.9 Å². The van der Waals surface area contributed by atoms with Crippen LogP contribution in [0.3, 0.4) is 0 Å². The van der Waals surface area contributed by atoms with Crippen LogP contribution in [0.1, 0.15) is 5.56 Å². The van der Waals surface area contributed by atoms with Gasteiger partial charge in [-0.3, -0.25) is 4.57 Å². The number of rotatable bonds is 2. The van der Waals surface area contributed by atoms with E-state index in [1.807, 2.05) is 12.1 Å².